The molecule has 0 aliphatic heterocycles. The van der Waals surface area contributed by atoms with E-state index in [1.807, 2.05) is 0 Å². The summed E-state index contributed by atoms with van der Waals surface area (Å²) in [5, 5.41) is 12.5. The normalized spacial score (nSPS) is 11.6. The van der Waals surface area contributed by atoms with Gasteiger partial charge in [-0.3, -0.25) is 0 Å². The molecule has 0 aromatic heterocycles. The number of nitrogens with zero attached hydrogens (tertiary/aromatic N) is 1. The molecule has 0 heterocycles. The number of nitrogens with one attached hydrogen (secondary N) is 1. The summed E-state index contributed by atoms with van der Waals surface area (Å²) in [5.74, 6) is 0. The molecule has 0 aliphatic carbocycles. The summed E-state index contributed by atoms with van der Waals surface area (Å²) < 4.78 is 0. The van der Waals surface area contributed by atoms with Crippen LogP contribution in [0.4, 0.5) is 5.69 Å². The van der Waals surface area contributed by atoms with Gasteiger partial charge in [0.1, 0.15) is 0 Å². The van der Waals surface area contributed by atoms with E-state index in [-0.39, 0.29) is 12.1 Å². The second kappa shape index (κ2) is 6.76. The van der Waals surface area contributed by atoms with E-state index in [0.717, 1.165) is 13.1 Å². The molecule has 1 aromatic carbocycles. The summed E-state index contributed by atoms with van der Waals surface area (Å²) in [5.41, 5.74) is 2.60. The standard InChI is InChI=1S/C15H26N2O/c1-5-17(10-11-18)14-8-6-13(7-9-14)12-16-15(2,3)4/h6-9,16,18H,5,10-12H2,1-4H3. The average Bonchev–Trinajstić information content (AvgIpc) is 2.33. The Morgan fingerprint density at radius 1 is 1.17 bits per heavy atom. The Morgan fingerprint density at radius 2 is 1.78 bits per heavy atom. The van der Waals surface area contributed by atoms with Crippen LogP contribution in [-0.4, -0.2) is 30.3 Å². The van der Waals surface area contributed by atoms with Crippen LogP contribution < -0.4 is 10.2 Å². The molecular weight excluding hydrogens is 224 g/mol. The quantitative estimate of drug-likeness (QED) is 0.814. The third-order valence-corrected chi connectivity index (χ3v) is 2.88. The Morgan fingerprint density at radius 3 is 2.22 bits per heavy atom. The van der Waals surface area contributed by atoms with Gasteiger partial charge in [-0.2, -0.15) is 0 Å². The van der Waals surface area contributed by atoms with Crippen molar-refractivity contribution in [3.63, 3.8) is 0 Å². The number of aliphatic hydroxyl groups excluding tert-OH is 1. The van der Waals surface area contributed by atoms with Gasteiger partial charge in [0.05, 0.1) is 6.61 Å². The highest BCUT2D eigenvalue weighted by Gasteiger charge is 2.08. The van der Waals surface area contributed by atoms with E-state index < -0.39 is 0 Å². The van der Waals surface area contributed by atoms with Gasteiger partial charge in [-0.05, 0) is 45.4 Å². The van der Waals surface area contributed by atoms with Gasteiger partial charge in [-0.15, -0.1) is 0 Å². The van der Waals surface area contributed by atoms with Crippen LogP contribution in [0.2, 0.25) is 0 Å². The Kier molecular flexibility index (Phi) is 5.63. The molecule has 0 aliphatic rings. The Labute approximate surface area is 111 Å². The molecule has 18 heavy (non-hydrogen) atoms. The first-order valence-electron chi connectivity index (χ1n) is 6.66. The fourth-order valence-corrected chi connectivity index (χ4v) is 1.78. The zero-order chi connectivity index (χ0) is 13.6. The molecule has 102 valence electrons. The second-order valence-corrected chi connectivity index (χ2v) is 5.57. The van der Waals surface area contributed by atoms with E-state index in [4.69, 9.17) is 5.11 Å². The summed E-state index contributed by atoms with van der Waals surface area (Å²) in [4.78, 5) is 2.17. The van der Waals surface area contributed by atoms with E-state index >= 15 is 0 Å². The summed E-state index contributed by atoms with van der Waals surface area (Å²) in [6.07, 6.45) is 0. The molecule has 1 rings (SSSR count). The summed E-state index contributed by atoms with van der Waals surface area (Å²) in [7, 11) is 0. The van der Waals surface area contributed by atoms with E-state index in [0.29, 0.717) is 6.54 Å². The van der Waals surface area contributed by atoms with Gasteiger partial charge < -0.3 is 15.3 Å². The van der Waals surface area contributed by atoms with Gasteiger partial charge in [0.25, 0.3) is 0 Å². The number of hydrogen-bond donors (Lipinski definition) is 2. The van der Waals surface area contributed by atoms with Crippen molar-refractivity contribution in [1.82, 2.24) is 5.32 Å². The fraction of sp³-hybridized carbons (Fsp3) is 0.600. The maximum atomic E-state index is 9.01. The van der Waals surface area contributed by atoms with Crippen LogP contribution in [0.1, 0.15) is 33.3 Å². The molecule has 0 radical (unpaired) electrons. The van der Waals surface area contributed by atoms with Crippen molar-refractivity contribution in [1.29, 1.82) is 0 Å². The Bertz CT molecular complexity index is 341. The van der Waals surface area contributed by atoms with E-state index in [9.17, 15) is 0 Å². The molecular formula is C15H26N2O. The molecule has 0 fully saturated rings. The topological polar surface area (TPSA) is 35.5 Å². The number of anilines is 1. The zero-order valence-electron chi connectivity index (χ0n) is 12.0. The highest BCUT2D eigenvalue weighted by Crippen LogP contribution is 2.15. The molecule has 3 nitrogen and oxygen atoms in total. The van der Waals surface area contributed by atoms with Gasteiger partial charge in [-0.25, -0.2) is 0 Å². The van der Waals surface area contributed by atoms with Crippen LogP contribution in [0.5, 0.6) is 0 Å². The first-order valence-corrected chi connectivity index (χ1v) is 6.66. The second-order valence-electron chi connectivity index (χ2n) is 5.57. The van der Waals surface area contributed by atoms with Crippen molar-refractivity contribution in [3.8, 4) is 0 Å². The van der Waals surface area contributed by atoms with E-state index in [1.54, 1.807) is 0 Å². The van der Waals surface area contributed by atoms with Crippen molar-refractivity contribution in [2.24, 2.45) is 0 Å². The smallest absolute Gasteiger partial charge is 0.0606 e. The lowest BCUT2D eigenvalue weighted by Crippen LogP contribution is -2.35. The predicted molar refractivity (Wildman–Crippen MR) is 78.0 cm³/mol. The summed E-state index contributed by atoms with van der Waals surface area (Å²) in [6.45, 7) is 11.3. The van der Waals surface area contributed by atoms with Crippen LogP contribution in [0.3, 0.4) is 0 Å². The third-order valence-electron chi connectivity index (χ3n) is 2.88. The minimum atomic E-state index is 0.144. The maximum absolute atomic E-state index is 9.01. The third kappa shape index (κ3) is 5.07. The largest absolute Gasteiger partial charge is 0.395 e. The lowest BCUT2D eigenvalue weighted by Gasteiger charge is -2.23. The molecule has 0 atom stereocenters. The van der Waals surface area contributed by atoms with Crippen molar-refractivity contribution < 1.29 is 5.11 Å². The predicted octanol–water partition coefficient (Wildman–Crippen LogP) is 2.39. The molecule has 0 saturated heterocycles. The minimum Gasteiger partial charge on any atom is -0.395 e. The molecule has 1 aromatic rings. The summed E-state index contributed by atoms with van der Waals surface area (Å²) in [6, 6.07) is 8.54. The van der Waals surface area contributed by atoms with Gasteiger partial charge in [0.15, 0.2) is 0 Å². The molecule has 0 spiro atoms. The molecule has 3 heteroatoms. The number of benzene rings is 1. The lowest BCUT2D eigenvalue weighted by atomic mass is 10.1. The van der Waals surface area contributed by atoms with Gasteiger partial charge in [0, 0.05) is 30.9 Å². The number of rotatable bonds is 6. The highest BCUT2D eigenvalue weighted by molar-refractivity contribution is 5.47. The highest BCUT2D eigenvalue weighted by atomic mass is 16.3. The zero-order valence-corrected chi connectivity index (χ0v) is 12.0. The first kappa shape index (κ1) is 15.0. The van der Waals surface area contributed by atoms with Crippen molar-refractivity contribution in [3.05, 3.63) is 29.8 Å². The van der Waals surface area contributed by atoms with Gasteiger partial charge in [0.2, 0.25) is 0 Å². The first-order chi connectivity index (χ1) is 8.46. The SMILES string of the molecule is CCN(CCO)c1ccc(CNC(C)(C)C)cc1. The monoisotopic (exact) mass is 250 g/mol. The van der Waals surface area contributed by atoms with Crippen LogP contribution in [0.15, 0.2) is 24.3 Å². The fourth-order valence-electron chi connectivity index (χ4n) is 1.78. The van der Waals surface area contributed by atoms with Crippen LogP contribution >= 0.6 is 0 Å². The molecule has 0 saturated carbocycles. The number of aliphatic hydroxyl groups is 1. The molecule has 0 bridgehead atoms. The van der Waals surface area contributed by atoms with Gasteiger partial charge >= 0.3 is 0 Å². The lowest BCUT2D eigenvalue weighted by molar-refractivity contribution is 0.302. The molecule has 0 unspecified atom stereocenters. The Balaban J connectivity index is 2.61. The number of hydrogen-bond acceptors (Lipinski definition) is 3. The maximum Gasteiger partial charge on any atom is 0.0606 e. The van der Waals surface area contributed by atoms with Crippen molar-refractivity contribution >= 4 is 5.69 Å². The molecule has 0 amide bonds. The van der Waals surface area contributed by atoms with Crippen LogP contribution in [-0.2, 0) is 6.54 Å². The van der Waals surface area contributed by atoms with E-state index in [1.165, 1.54) is 11.3 Å². The van der Waals surface area contributed by atoms with Gasteiger partial charge in [-0.1, -0.05) is 12.1 Å². The molecule has 2 N–H and O–H groups in total. The van der Waals surface area contributed by atoms with Crippen molar-refractivity contribution in [2.75, 3.05) is 24.6 Å². The summed E-state index contributed by atoms with van der Waals surface area (Å²) >= 11 is 0. The van der Waals surface area contributed by atoms with Crippen molar-refractivity contribution in [2.45, 2.75) is 39.8 Å². The van der Waals surface area contributed by atoms with Crippen LogP contribution in [0, 0.1) is 0 Å². The Hall–Kier alpha value is -1.06. The average molecular weight is 250 g/mol. The minimum absolute atomic E-state index is 0.144. The van der Waals surface area contributed by atoms with Crippen LogP contribution in [0.25, 0.3) is 0 Å². The van der Waals surface area contributed by atoms with E-state index in [2.05, 4.69) is 62.2 Å². The number of likely N-dealkylation sites (N-methyl/N-ethyl adjacent to an activating group) is 1.